The molecule has 132 valence electrons. The van der Waals surface area contributed by atoms with Crippen molar-refractivity contribution in [2.45, 2.75) is 25.1 Å². The average Bonchev–Trinajstić information content (AvgIpc) is 3.03. The van der Waals surface area contributed by atoms with Crippen molar-refractivity contribution >= 4 is 11.6 Å². The summed E-state index contributed by atoms with van der Waals surface area (Å²) in [6.45, 7) is 1.06. The molecule has 1 aliphatic heterocycles. The topological polar surface area (TPSA) is 32.3 Å². The molecule has 3 nitrogen and oxygen atoms in total. The van der Waals surface area contributed by atoms with Crippen LogP contribution in [-0.2, 0) is 11.0 Å². The van der Waals surface area contributed by atoms with Gasteiger partial charge in [-0.05, 0) is 49.2 Å². The van der Waals surface area contributed by atoms with Crippen LogP contribution in [0.3, 0.4) is 0 Å². The van der Waals surface area contributed by atoms with Gasteiger partial charge in [-0.3, -0.25) is 9.69 Å². The van der Waals surface area contributed by atoms with Gasteiger partial charge in [-0.25, -0.2) is 0 Å². The molecule has 1 aliphatic rings. The summed E-state index contributed by atoms with van der Waals surface area (Å²) < 4.78 is 37.7. The monoisotopic (exact) mass is 348 g/mol. The third-order valence-corrected chi connectivity index (χ3v) is 4.39. The molecular weight excluding hydrogens is 329 g/mol. The molecule has 1 heterocycles. The number of benzene rings is 2. The third kappa shape index (κ3) is 4.39. The smallest absolute Gasteiger partial charge is 0.325 e. The van der Waals surface area contributed by atoms with Crippen molar-refractivity contribution in [1.82, 2.24) is 4.90 Å². The lowest BCUT2D eigenvalue weighted by molar-refractivity contribution is -0.137. The second-order valence-electron chi connectivity index (χ2n) is 6.16. The van der Waals surface area contributed by atoms with E-state index in [9.17, 15) is 18.0 Å². The molecular formula is C19H19F3N2O. The second kappa shape index (κ2) is 7.27. The number of halogens is 3. The molecule has 0 bridgehead atoms. The number of likely N-dealkylation sites (tertiary alicyclic amines) is 1. The second-order valence-corrected chi connectivity index (χ2v) is 6.16. The van der Waals surface area contributed by atoms with Gasteiger partial charge in [-0.1, -0.05) is 30.3 Å². The van der Waals surface area contributed by atoms with Crippen LogP contribution >= 0.6 is 0 Å². The zero-order chi connectivity index (χ0) is 17.9. The summed E-state index contributed by atoms with van der Waals surface area (Å²) in [7, 11) is 0. The largest absolute Gasteiger partial charge is 0.416 e. The third-order valence-electron chi connectivity index (χ3n) is 4.39. The summed E-state index contributed by atoms with van der Waals surface area (Å²) in [4.78, 5) is 14.4. The fourth-order valence-electron chi connectivity index (χ4n) is 3.20. The maximum Gasteiger partial charge on any atom is 0.416 e. The van der Waals surface area contributed by atoms with Gasteiger partial charge in [0.2, 0.25) is 5.91 Å². The quantitative estimate of drug-likeness (QED) is 0.883. The van der Waals surface area contributed by atoms with Gasteiger partial charge in [-0.2, -0.15) is 13.2 Å². The fourth-order valence-corrected chi connectivity index (χ4v) is 3.20. The lowest BCUT2D eigenvalue weighted by Crippen LogP contribution is -2.32. The van der Waals surface area contributed by atoms with Crippen molar-refractivity contribution in [3.8, 4) is 0 Å². The Balaban J connectivity index is 1.60. The maximum atomic E-state index is 12.6. The number of hydrogen-bond donors (Lipinski definition) is 1. The van der Waals surface area contributed by atoms with Gasteiger partial charge in [0.1, 0.15) is 0 Å². The molecule has 0 aliphatic carbocycles. The highest BCUT2D eigenvalue weighted by atomic mass is 19.4. The van der Waals surface area contributed by atoms with E-state index in [1.807, 2.05) is 18.2 Å². The van der Waals surface area contributed by atoms with Crippen LogP contribution in [-0.4, -0.2) is 23.9 Å². The van der Waals surface area contributed by atoms with Gasteiger partial charge in [0.25, 0.3) is 0 Å². The van der Waals surface area contributed by atoms with E-state index in [2.05, 4.69) is 22.3 Å². The van der Waals surface area contributed by atoms with E-state index in [0.717, 1.165) is 31.5 Å². The minimum Gasteiger partial charge on any atom is -0.325 e. The molecule has 0 aromatic heterocycles. The molecule has 0 saturated carbocycles. The molecule has 2 aromatic rings. The van der Waals surface area contributed by atoms with Crippen molar-refractivity contribution in [2.24, 2.45) is 0 Å². The summed E-state index contributed by atoms with van der Waals surface area (Å²) in [5, 5.41) is 2.67. The number of hydrogen-bond acceptors (Lipinski definition) is 2. The van der Waals surface area contributed by atoms with E-state index >= 15 is 0 Å². The van der Waals surface area contributed by atoms with E-state index in [4.69, 9.17) is 0 Å². The van der Waals surface area contributed by atoms with E-state index in [0.29, 0.717) is 5.69 Å². The standard InChI is InChI=1S/C19H19F3N2O/c20-19(21,22)15-8-10-16(11-9-15)23-18(25)13-24-12-4-7-17(24)14-5-2-1-3-6-14/h1-3,5-6,8-11,17H,4,7,12-13H2,(H,23,25). The Labute approximate surface area is 144 Å². The van der Waals surface area contributed by atoms with Crippen LogP contribution in [0.15, 0.2) is 54.6 Å². The van der Waals surface area contributed by atoms with Gasteiger partial charge in [0.05, 0.1) is 12.1 Å². The van der Waals surface area contributed by atoms with Crippen LogP contribution in [0.25, 0.3) is 0 Å². The van der Waals surface area contributed by atoms with Crippen molar-refractivity contribution in [2.75, 3.05) is 18.4 Å². The Morgan fingerprint density at radius 1 is 1.08 bits per heavy atom. The van der Waals surface area contributed by atoms with Gasteiger partial charge in [0.15, 0.2) is 0 Å². The SMILES string of the molecule is O=C(CN1CCCC1c1ccccc1)Nc1ccc(C(F)(F)F)cc1. The minimum absolute atomic E-state index is 0.208. The molecule has 2 aromatic carbocycles. The Morgan fingerprint density at radius 2 is 1.76 bits per heavy atom. The van der Waals surface area contributed by atoms with Crippen molar-refractivity contribution in [3.05, 3.63) is 65.7 Å². The zero-order valence-electron chi connectivity index (χ0n) is 13.6. The van der Waals surface area contributed by atoms with E-state index in [-0.39, 0.29) is 18.5 Å². The summed E-state index contributed by atoms with van der Waals surface area (Å²) in [5.41, 5.74) is 0.824. The highest BCUT2D eigenvalue weighted by molar-refractivity contribution is 5.92. The highest BCUT2D eigenvalue weighted by Crippen LogP contribution is 2.32. The first-order chi connectivity index (χ1) is 11.9. The van der Waals surface area contributed by atoms with Gasteiger partial charge in [-0.15, -0.1) is 0 Å². The number of carbonyl (C=O) groups is 1. The predicted octanol–water partition coefficient (Wildman–Crippen LogP) is 4.48. The molecule has 0 radical (unpaired) electrons. The summed E-state index contributed by atoms with van der Waals surface area (Å²) >= 11 is 0. The normalized spacial score (nSPS) is 18.3. The Hall–Kier alpha value is -2.34. The Morgan fingerprint density at radius 3 is 2.40 bits per heavy atom. The molecule has 1 atom stereocenters. The number of rotatable bonds is 4. The minimum atomic E-state index is -4.37. The first-order valence-corrected chi connectivity index (χ1v) is 8.19. The van der Waals surface area contributed by atoms with Crippen LogP contribution in [0.4, 0.5) is 18.9 Å². The number of alkyl halides is 3. The first kappa shape index (κ1) is 17.5. The maximum absolute atomic E-state index is 12.6. The molecule has 25 heavy (non-hydrogen) atoms. The molecule has 0 spiro atoms. The van der Waals surface area contributed by atoms with Gasteiger partial charge < -0.3 is 5.32 Å². The number of anilines is 1. The summed E-state index contributed by atoms with van der Waals surface area (Å²) in [6, 6.07) is 14.7. The first-order valence-electron chi connectivity index (χ1n) is 8.19. The molecule has 1 unspecified atom stereocenters. The van der Waals surface area contributed by atoms with Crippen LogP contribution in [0.2, 0.25) is 0 Å². The Bertz CT molecular complexity index is 714. The van der Waals surface area contributed by atoms with Crippen molar-refractivity contribution in [1.29, 1.82) is 0 Å². The summed E-state index contributed by atoms with van der Waals surface area (Å²) in [5.74, 6) is -0.220. The van der Waals surface area contributed by atoms with Crippen molar-refractivity contribution < 1.29 is 18.0 Å². The lowest BCUT2D eigenvalue weighted by Gasteiger charge is -2.24. The van der Waals surface area contributed by atoms with Crippen molar-refractivity contribution in [3.63, 3.8) is 0 Å². The number of carbonyl (C=O) groups excluding carboxylic acids is 1. The molecule has 1 saturated heterocycles. The summed E-state index contributed by atoms with van der Waals surface area (Å²) in [6.07, 6.45) is -2.36. The van der Waals surface area contributed by atoms with Crippen LogP contribution in [0, 0.1) is 0 Å². The zero-order valence-corrected chi connectivity index (χ0v) is 13.6. The number of nitrogens with zero attached hydrogens (tertiary/aromatic N) is 1. The van der Waals surface area contributed by atoms with Crippen LogP contribution in [0.5, 0.6) is 0 Å². The number of amides is 1. The molecule has 6 heteroatoms. The molecule has 1 N–H and O–H groups in total. The van der Waals surface area contributed by atoms with Gasteiger partial charge >= 0.3 is 6.18 Å². The van der Waals surface area contributed by atoms with E-state index in [1.165, 1.54) is 17.7 Å². The van der Waals surface area contributed by atoms with Gasteiger partial charge in [0, 0.05) is 11.7 Å². The van der Waals surface area contributed by atoms with E-state index in [1.54, 1.807) is 0 Å². The Kier molecular flexibility index (Phi) is 5.08. The average molecular weight is 348 g/mol. The molecule has 1 amide bonds. The fraction of sp³-hybridized carbons (Fsp3) is 0.316. The highest BCUT2D eigenvalue weighted by Gasteiger charge is 2.30. The van der Waals surface area contributed by atoms with Crippen LogP contribution < -0.4 is 5.32 Å². The lowest BCUT2D eigenvalue weighted by atomic mass is 10.0. The molecule has 3 rings (SSSR count). The van der Waals surface area contributed by atoms with E-state index < -0.39 is 11.7 Å². The molecule has 1 fully saturated rings. The van der Waals surface area contributed by atoms with Crippen LogP contribution in [0.1, 0.15) is 30.0 Å². The predicted molar refractivity (Wildman–Crippen MR) is 90.1 cm³/mol. The number of nitrogens with one attached hydrogen (secondary N) is 1.